The minimum absolute atomic E-state index is 0.303. The topological polar surface area (TPSA) is 59.9 Å². The van der Waals surface area contributed by atoms with Crippen molar-refractivity contribution >= 4 is 12.1 Å². The third kappa shape index (κ3) is 6.69. The number of rotatable bonds is 8. The molecule has 1 rings (SSSR count). The number of hydrazone groups is 1. The Morgan fingerprint density at radius 1 is 1.17 bits per heavy atom. The highest BCUT2D eigenvalue weighted by Crippen LogP contribution is 2.27. The molecule has 0 spiro atoms. The zero-order valence-corrected chi connectivity index (χ0v) is 15.1. The third-order valence-corrected chi connectivity index (χ3v) is 3.34. The van der Waals surface area contributed by atoms with Gasteiger partial charge in [0.15, 0.2) is 11.5 Å². The summed E-state index contributed by atoms with van der Waals surface area (Å²) in [6.45, 7) is 6.22. The number of nitrogens with one attached hydrogen (secondary N) is 1. The van der Waals surface area contributed by atoms with Gasteiger partial charge in [-0.3, -0.25) is 4.79 Å². The summed E-state index contributed by atoms with van der Waals surface area (Å²) in [5, 5.41) is 3.94. The molecule has 0 aromatic heterocycles. The van der Waals surface area contributed by atoms with Crippen LogP contribution in [0.3, 0.4) is 0 Å². The molecule has 1 amide bonds. The second-order valence-electron chi connectivity index (χ2n) is 5.62. The molecule has 0 bridgehead atoms. The highest BCUT2D eigenvalue weighted by molar-refractivity contribution is 5.95. The largest absolute Gasteiger partial charge is 0.493 e. The number of allylic oxidation sites excluding steroid dienone is 4. The van der Waals surface area contributed by atoms with Gasteiger partial charge in [0, 0.05) is 11.8 Å². The fraction of sp³-hybridized carbons (Fsp3) is 0.368. The average Bonchev–Trinajstić information content (AvgIpc) is 2.57. The van der Waals surface area contributed by atoms with E-state index in [9.17, 15) is 4.79 Å². The van der Waals surface area contributed by atoms with E-state index in [1.807, 2.05) is 13.0 Å². The molecule has 5 heteroatoms. The molecular formula is C19H26N2O3. The van der Waals surface area contributed by atoms with E-state index in [1.54, 1.807) is 31.5 Å². The van der Waals surface area contributed by atoms with Gasteiger partial charge in [-0.1, -0.05) is 17.2 Å². The third-order valence-electron chi connectivity index (χ3n) is 3.34. The van der Waals surface area contributed by atoms with Crippen LogP contribution in [0.5, 0.6) is 11.5 Å². The summed E-state index contributed by atoms with van der Waals surface area (Å²) in [7, 11) is 3.08. The van der Waals surface area contributed by atoms with E-state index in [1.165, 1.54) is 18.3 Å². The zero-order chi connectivity index (χ0) is 17.9. The zero-order valence-electron chi connectivity index (χ0n) is 15.1. The van der Waals surface area contributed by atoms with Crippen molar-refractivity contribution in [3.63, 3.8) is 0 Å². The molecule has 24 heavy (non-hydrogen) atoms. The van der Waals surface area contributed by atoms with Crippen LogP contribution in [0.2, 0.25) is 0 Å². The van der Waals surface area contributed by atoms with Crippen LogP contribution in [0, 0.1) is 0 Å². The Labute approximate surface area is 144 Å². The van der Waals surface area contributed by atoms with Crippen LogP contribution in [0.4, 0.5) is 0 Å². The summed E-state index contributed by atoms with van der Waals surface area (Å²) in [5.41, 5.74) is 5.47. The molecule has 0 saturated heterocycles. The first-order valence-corrected chi connectivity index (χ1v) is 7.82. The molecule has 1 N–H and O–H groups in total. The SMILES string of the molecule is COc1ccc(C(=O)NN=CC=C(C)CCC=C(C)C)cc1OC. The van der Waals surface area contributed by atoms with Crippen LogP contribution in [-0.4, -0.2) is 26.3 Å². The number of ether oxygens (including phenoxy) is 2. The molecule has 0 unspecified atom stereocenters. The minimum atomic E-state index is -0.303. The Balaban J connectivity index is 2.58. The molecular weight excluding hydrogens is 304 g/mol. The van der Waals surface area contributed by atoms with Gasteiger partial charge in [0.2, 0.25) is 0 Å². The first kappa shape index (κ1) is 19.5. The van der Waals surface area contributed by atoms with Crippen LogP contribution in [0.1, 0.15) is 44.0 Å². The highest BCUT2D eigenvalue weighted by atomic mass is 16.5. The summed E-state index contributed by atoms with van der Waals surface area (Å²) in [6.07, 6.45) is 7.68. The highest BCUT2D eigenvalue weighted by Gasteiger charge is 2.09. The minimum Gasteiger partial charge on any atom is -0.493 e. The van der Waals surface area contributed by atoms with Crippen molar-refractivity contribution in [2.75, 3.05) is 14.2 Å². The Kier molecular flexibility index (Phi) is 8.33. The van der Waals surface area contributed by atoms with Gasteiger partial charge in [0.25, 0.3) is 5.91 Å². The summed E-state index contributed by atoms with van der Waals surface area (Å²) in [5.74, 6) is 0.777. The van der Waals surface area contributed by atoms with Gasteiger partial charge in [-0.2, -0.15) is 5.10 Å². The Morgan fingerprint density at radius 2 is 1.88 bits per heavy atom. The van der Waals surface area contributed by atoms with Crippen LogP contribution >= 0.6 is 0 Å². The van der Waals surface area contributed by atoms with Gasteiger partial charge in [0.1, 0.15) is 0 Å². The van der Waals surface area contributed by atoms with Gasteiger partial charge in [-0.05, 0) is 57.9 Å². The molecule has 0 aliphatic heterocycles. The van der Waals surface area contributed by atoms with Crippen LogP contribution in [0.25, 0.3) is 0 Å². The van der Waals surface area contributed by atoms with Crippen molar-refractivity contribution in [3.05, 3.63) is 47.1 Å². The molecule has 1 aromatic rings. The van der Waals surface area contributed by atoms with Gasteiger partial charge in [-0.25, -0.2) is 5.43 Å². The first-order valence-electron chi connectivity index (χ1n) is 7.82. The molecule has 0 aliphatic rings. The molecule has 1 aromatic carbocycles. The fourth-order valence-electron chi connectivity index (χ4n) is 1.97. The lowest BCUT2D eigenvalue weighted by Crippen LogP contribution is -2.17. The lowest BCUT2D eigenvalue weighted by molar-refractivity contribution is 0.0954. The van der Waals surface area contributed by atoms with Crippen LogP contribution in [0.15, 0.2) is 46.6 Å². The molecule has 5 nitrogen and oxygen atoms in total. The number of carbonyl (C=O) groups is 1. The monoisotopic (exact) mass is 330 g/mol. The predicted molar refractivity (Wildman–Crippen MR) is 97.9 cm³/mol. The van der Waals surface area contributed by atoms with E-state index in [4.69, 9.17) is 9.47 Å². The average molecular weight is 330 g/mol. The summed E-state index contributed by atoms with van der Waals surface area (Å²) in [6, 6.07) is 4.96. The van der Waals surface area contributed by atoms with Crippen molar-refractivity contribution in [2.24, 2.45) is 5.10 Å². The Bertz CT molecular complexity index is 642. The smallest absolute Gasteiger partial charge is 0.271 e. The number of amides is 1. The van der Waals surface area contributed by atoms with Crippen molar-refractivity contribution in [2.45, 2.75) is 33.6 Å². The van der Waals surface area contributed by atoms with E-state index in [2.05, 4.69) is 30.5 Å². The fourth-order valence-corrected chi connectivity index (χ4v) is 1.97. The molecule has 0 fully saturated rings. The first-order chi connectivity index (χ1) is 11.5. The van der Waals surface area contributed by atoms with E-state index in [0.29, 0.717) is 17.1 Å². The van der Waals surface area contributed by atoms with E-state index < -0.39 is 0 Å². The molecule has 0 saturated carbocycles. The van der Waals surface area contributed by atoms with Crippen LogP contribution in [-0.2, 0) is 0 Å². The molecule has 0 atom stereocenters. The van der Waals surface area contributed by atoms with E-state index in [-0.39, 0.29) is 5.91 Å². The molecule has 0 heterocycles. The van der Waals surface area contributed by atoms with Gasteiger partial charge < -0.3 is 9.47 Å². The Hall–Kier alpha value is -2.56. The number of hydrogen-bond acceptors (Lipinski definition) is 4. The maximum atomic E-state index is 12.1. The number of benzene rings is 1. The van der Waals surface area contributed by atoms with E-state index >= 15 is 0 Å². The van der Waals surface area contributed by atoms with Gasteiger partial charge in [0.05, 0.1) is 14.2 Å². The number of hydrogen-bond donors (Lipinski definition) is 1. The molecule has 0 radical (unpaired) electrons. The Morgan fingerprint density at radius 3 is 2.50 bits per heavy atom. The molecule has 0 aliphatic carbocycles. The molecule has 130 valence electrons. The van der Waals surface area contributed by atoms with Crippen molar-refractivity contribution in [3.8, 4) is 11.5 Å². The lowest BCUT2D eigenvalue weighted by Gasteiger charge is -2.08. The van der Waals surface area contributed by atoms with Crippen LogP contribution < -0.4 is 14.9 Å². The standard InChI is InChI=1S/C19H26N2O3/c1-14(2)7-6-8-15(3)11-12-20-21-19(22)16-9-10-17(23-4)18(13-16)24-5/h7,9-13H,6,8H2,1-5H3,(H,21,22). The normalized spacial score (nSPS) is 11.3. The number of nitrogens with zero attached hydrogens (tertiary/aromatic N) is 1. The van der Waals surface area contributed by atoms with Gasteiger partial charge in [-0.15, -0.1) is 0 Å². The second-order valence-corrected chi connectivity index (χ2v) is 5.62. The second kappa shape index (κ2) is 10.3. The number of methoxy groups -OCH3 is 2. The quantitative estimate of drug-likeness (QED) is 0.443. The maximum absolute atomic E-state index is 12.1. The summed E-state index contributed by atoms with van der Waals surface area (Å²) in [4.78, 5) is 12.1. The predicted octanol–water partition coefficient (Wildman–Crippen LogP) is 4.11. The lowest BCUT2D eigenvalue weighted by atomic mass is 10.1. The van der Waals surface area contributed by atoms with Crippen molar-refractivity contribution in [1.29, 1.82) is 0 Å². The van der Waals surface area contributed by atoms with E-state index in [0.717, 1.165) is 12.8 Å². The number of carbonyl (C=O) groups excluding carboxylic acids is 1. The maximum Gasteiger partial charge on any atom is 0.271 e. The summed E-state index contributed by atoms with van der Waals surface area (Å²) >= 11 is 0. The van der Waals surface area contributed by atoms with Gasteiger partial charge >= 0.3 is 0 Å². The van der Waals surface area contributed by atoms with Crippen molar-refractivity contribution in [1.82, 2.24) is 5.43 Å². The van der Waals surface area contributed by atoms with Crippen molar-refractivity contribution < 1.29 is 14.3 Å². The summed E-state index contributed by atoms with van der Waals surface area (Å²) < 4.78 is 10.3.